The number of H-pyrrole nitrogens is 1. The first-order valence-electron chi connectivity index (χ1n) is 21.9. The number of nitrogens with one attached hydrogen (secondary N) is 1. The molecule has 4 fully saturated rings. The summed E-state index contributed by atoms with van der Waals surface area (Å²) in [6, 6.07) is 18.8. The third-order valence-corrected chi connectivity index (χ3v) is 14.9. The van der Waals surface area contributed by atoms with E-state index in [0.717, 1.165) is 68.1 Å². The van der Waals surface area contributed by atoms with Gasteiger partial charge in [0.25, 0.3) is 0 Å². The molecule has 9 unspecified atom stereocenters. The minimum Gasteiger partial charge on any atom is -0.508 e. The van der Waals surface area contributed by atoms with Gasteiger partial charge in [0.15, 0.2) is 11.5 Å². The molecule has 7 N–H and O–H groups in total. The van der Waals surface area contributed by atoms with E-state index < -0.39 is 36.4 Å². The monoisotopic (exact) mass is 793 g/mol. The van der Waals surface area contributed by atoms with E-state index in [-0.39, 0.29) is 52.9 Å². The summed E-state index contributed by atoms with van der Waals surface area (Å²) < 4.78 is 12.6. The van der Waals surface area contributed by atoms with Crippen molar-refractivity contribution in [3.8, 4) is 23.0 Å². The quantitative estimate of drug-likeness (QED) is 0.0742. The molecule has 2 heterocycles. The number of ether oxygens (including phenoxy) is 2. The van der Waals surface area contributed by atoms with Crippen LogP contribution in [-0.2, 0) is 23.2 Å². The Hall–Kier alpha value is -4.02. The molecular formula is C49H63NO8. The maximum absolute atomic E-state index is 12.3. The molecule has 0 radical (unpaired) electrons. The van der Waals surface area contributed by atoms with Gasteiger partial charge in [0.2, 0.25) is 5.75 Å². The van der Waals surface area contributed by atoms with E-state index in [0.29, 0.717) is 35.6 Å². The van der Waals surface area contributed by atoms with Crippen molar-refractivity contribution in [2.45, 2.75) is 145 Å². The molecule has 3 aromatic carbocycles. The number of fused-ring (bicyclic) bond motifs is 1. The smallest absolute Gasteiger partial charge is 0.201 e. The van der Waals surface area contributed by atoms with E-state index in [1.165, 1.54) is 31.9 Å². The summed E-state index contributed by atoms with van der Waals surface area (Å²) in [4.78, 5) is 3.07. The fourth-order valence-electron chi connectivity index (χ4n) is 11.9. The van der Waals surface area contributed by atoms with Crippen molar-refractivity contribution in [1.29, 1.82) is 0 Å². The molecule has 312 valence electrons. The molecule has 3 aliphatic carbocycles. The molecule has 1 saturated heterocycles. The molecule has 9 heteroatoms. The Kier molecular flexibility index (Phi) is 12.1. The molecule has 0 spiro atoms. The standard InChI is InChI=1S/C49H63NO8/c1-29-11-14-34(42(54)26-49(18-7-4-8-19-49)33-9-5-3-6-10-33)36(21-29)37-23-31(13-16-40(37)52)32-12-15-35-41(53)25-44(58-43(35)24-32)45-38(22-30-17-20-50-27-30)48(57-2)47(56)46(55)39(45)28-51/h3,5-6,9-10,13,16-17,20,23,27,29,32,34-36,41-44,50-56H,4,7-8,11-12,14-15,18-19,21-22,24-26,28H2,1-2H3. The van der Waals surface area contributed by atoms with Crippen LogP contribution in [0.1, 0.15) is 147 Å². The predicted molar refractivity (Wildman–Crippen MR) is 223 cm³/mol. The lowest BCUT2D eigenvalue weighted by molar-refractivity contribution is -0.154. The molecule has 9 atom stereocenters. The zero-order valence-electron chi connectivity index (χ0n) is 34.2. The number of methoxy groups -OCH3 is 1. The lowest BCUT2D eigenvalue weighted by atomic mass is 9.62. The SMILES string of the molecule is COc1c(O)c(O)c(CO)c(C2CC(O)C3CCC(c4ccc(O)c(C5CC(C)CCC5C(O)CC5(c6ccccc6)CCCCC5)c4)CC3O2)c1Cc1cc[nH]c1. The number of aromatic nitrogens is 1. The number of hydrogen-bond donors (Lipinski definition) is 7. The van der Waals surface area contributed by atoms with Gasteiger partial charge in [-0.3, -0.25) is 0 Å². The van der Waals surface area contributed by atoms with Crippen LogP contribution in [-0.4, -0.2) is 61.0 Å². The number of benzene rings is 3. The fraction of sp³-hybridized carbons (Fsp3) is 0.551. The van der Waals surface area contributed by atoms with Crippen LogP contribution in [0.3, 0.4) is 0 Å². The largest absolute Gasteiger partial charge is 0.508 e. The van der Waals surface area contributed by atoms with Crippen molar-refractivity contribution < 1.29 is 40.1 Å². The van der Waals surface area contributed by atoms with Crippen molar-refractivity contribution in [3.63, 3.8) is 0 Å². The van der Waals surface area contributed by atoms with E-state index in [1.54, 1.807) is 0 Å². The van der Waals surface area contributed by atoms with Gasteiger partial charge in [-0.15, -0.1) is 0 Å². The highest BCUT2D eigenvalue weighted by Gasteiger charge is 2.45. The lowest BCUT2D eigenvalue weighted by Gasteiger charge is -2.46. The second kappa shape index (κ2) is 17.3. The highest BCUT2D eigenvalue weighted by Crippen LogP contribution is 2.54. The van der Waals surface area contributed by atoms with E-state index in [2.05, 4.69) is 48.3 Å². The lowest BCUT2D eigenvalue weighted by Crippen LogP contribution is -2.44. The van der Waals surface area contributed by atoms with Crippen LogP contribution >= 0.6 is 0 Å². The topological polar surface area (TPSA) is 156 Å². The van der Waals surface area contributed by atoms with Crippen LogP contribution in [0.25, 0.3) is 0 Å². The van der Waals surface area contributed by atoms with Crippen LogP contribution in [0.5, 0.6) is 23.0 Å². The Balaban J connectivity index is 1.06. The molecule has 8 rings (SSSR count). The molecule has 3 saturated carbocycles. The van der Waals surface area contributed by atoms with Crippen LogP contribution in [0, 0.1) is 17.8 Å². The molecule has 58 heavy (non-hydrogen) atoms. The average molecular weight is 794 g/mol. The van der Waals surface area contributed by atoms with Gasteiger partial charge in [0.05, 0.1) is 38.1 Å². The number of aliphatic hydroxyl groups is 3. The predicted octanol–water partition coefficient (Wildman–Crippen LogP) is 9.17. The second-order valence-electron chi connectivity index (χ2n) is 18.3. The number of phenols is 3. The van der Waals surface area contributed by atoms with Gasteiger partial charge in [0, 0.05) is 42.3 Å². The van der Waals surface area contributed by atoms with E-state index >= 15 is 0 Å². The Morgan fingerprint density at radius 1 is 0.897 bits per heavy atom. The van der Waals surface area contributed by atoms with Gasteiger partial charge in [0.1, 0.15) is 5.75 Å². The van der Waals surface area contributed by atoms with Crippen LogP contribution in [0.4, 0.5) is 0 Å². The van der Waals surface area contributed by atoms with Crippen molar-refractivity contribution >= 4 is 0 Å². The first kappa shape index (κ1) is 40.7. The number of phenolic OH excluding ortho intramolecular Hbond substituents is 2. The number of rotatable bonds is 11. The van der Waals surface area contributed by atoms with Crippen molar-refractivity contribution in [2.24, 2.45) is 17.8 Å². The highest BCUT2D eigenvalue weighted by atomic mass is 16.5. The average Bonchev–Trinajstić information content (AvgIpc) is 3.76. The zero-order valence-corrected chi connectivity index (χ0v) is 34.2. The van der Waals surface area contributed by atoms with Gasteiger partial charge < -0.3 is 45.1 Å². The van der Waals surface area contributed by atoms with Crippen LogP contribution in [0.2, 0.25) is 0 Å². The zero-order chi connectivity index (χ0) is 40.6. The molecular weight excluding hydrogens is 731 g/mol. The van der Waals surface area contributed by atoms with Gasteiger partial charge in [-0.05, 0) is 120 Å². The fourth-order valence-corrected chi connectivity index (χ4v) is 11.9. The Labute approximate surface area is 343 Å². The number of aromatic hydroxyl groups is 3. The minimum absolute atomic E-state index is 0.0255. The maximum Gasteiger partial charge on any atom is 0.201 e. The van der Waals surface area contributed by atoms with E-state index in [1.807, 2.05) is 30.6 Å². The Morgan fingerprint density at radius 3 is 2.41 bits per heavy atom. The summed E-state index contributed by atoms with van der Waals surface area (Å²) in [5, 5.41) is 68.1. The van der Waals surface area contributed by atoms with Crippen LogP contribution in [0.15, 0.2) is 67.0 Å². The van der Waals surface area contributed by atoms with Crippen molar-refractivity contribution in [3.05, 3.63) is 106 Å². The highest BCUT2D eigenvalue weighted by molar-refractivity contribution is 5.64. The Bertz CT molecular complexity index is 1990. The summed E-state index contributed by atoms with van der Waals surface area (Å²) in [5.74, 6) is 0.172. The van der Waals surface area contributed by atoms with Gasteiger partial charge in [-0.25, -0.2) is 0 Å². The molecule has 0 amide bonds. The summed E-state index contributed by atoms with van der Waals surface area (Å²) in [6.07, 6.45) is 14.0. The van der Waals surface area contributed by atoms with Crippen molar-refractivity contribution in [1.82, 2.24) is 4.98 Å². The summed E-state index contributed by atoms with van der Waals surface area (Å²) in [5.41, 5.74) is 5.63. The number of hydrogen-bond acceptors (Lipinski definition) is 8. The van der Waals surface area contributed by atoms with E-state index in [9.17, 15) is 30.6 Å². The second-order valence-corrected chi connectivity index (χ2v) is 18.3. The molecule has 0 bridgehead atoms. The van der Waals surface area contributed by atoms with Gasteiger partial charge >= 0.3 is 0 Å². The third-order valence-electron chi connectivity index (χ3n) is 14.9. The maximum atomic E-state index is 12.3. The first-order valence-corrected chi connectivity index (χ1v) is 21.9. The van der Waals surface area contributed by atoms with Crippen molar-refractivity contribution in [2.75, 3.05) is 7.11 Å². The molecule has 4 aromatic rings. The minimum atomic E-state index is -0.664. The Morgan fingerprint density at radius 2 is 1.69 bits per heavy atom. The molecule has 4 aliphatic rings. The summed E-state index contributed by atoms with van der Waals surface area (Å²) in [7, 11) is 1.44. The van der Waals surface area contributed by atoms with E-state index in [4.69, 9.17) is 9.47 Å². The molecule has 1 aromatic heterocycles. The third kappa shape index (κ3) is 7.87. The van der Waals surface area contributed by atoms with Crippen LogP contribution < -0.4 is 4.74 Å². The first-order chi connectivity index (χ1) is 28.1. The summed E-state index contributed by atoms with van der Waals surface area (Å²) >= 11 is 0. The van der Waals surface area contributed by atoms with Gasteiger partial charge in [-0.2, -0.15) is 0 Å². The summed E-state index contributed by atoms with van der Waals surface area (Å²) in [6.45, 7) is 1.77. The molecule has 1 aliphatic heterocycles. The number of aliphatic hydroxyl groups excluding tert-OH is 3. The number of aromatic amines is 1. The van der Waals surface area contributed by atoms with Gasteiger partial charge in [-0.1, -0.05) is 75.1 Å². The normalized spacial score (nSPS) is 29.1. The molecule has 9 nitrogen and oxygen atoms in total.